The molecular formula is C6H16N2O3S. The van der Waals surface area contributed by atoms with Gasteiger partial charge in [0.25, 0.3) is 10.1 Å². The standard InChI is InChI=1S/C6H16N2O3S/c7-3-1-2-6(4-8)5-12(9,10)11/h6H,1-5,7-8H2,(H,9,10,11). The molecule has 0 amide bonds. The molecule has 0 aliphatic rings. The first-order chi connectivity index (χ1) is 5.49. The molecule has 1 atom stereocenters. The minimum absolute atomic E-state index is 0.177. The number of hydrogen-bond acceptors (Lipinski definition) is 4. The van der Waals surface area contributed by atoms with Crippen LogP contribution in [0.5, 0.6) is 0 Å². The maximum Gasteiger partial charge on any atom is 0.265 e. The van der Waals surface area contributed by atoms with E-state index in [-0.39, 0.29) is 18.2 Å². The second kappa shape index (κ2) is 5.47. The van der Waals surface area contributed by atoms with Gasteiger partial charge < -0.3 is 11.5 Å². The molecule has 0 radical (unpaired) electrons. The molecule has 5 N–H and O–H groups in total. The van der Waals surface area contributed by atoms with Crippen LogP contribution in [0, 0.1) is 5.92 Å². The number of hydrogen-bond donors (Lipinski definition) is 3. The lowest BCUT2D eigenvalue weighted by Gasteiger charge is -2.11. The molecule has 0 bridgehead atoms. The van der Waals surface area contributed by atoms with E-state index in [1.165, 1.54) is 0 Å². The van der Waals surface area contributed by atoms with Crippen molar-refractivity contribution >= 4 is 10.1 Å². The van der Waals surface area contributed by atoms with Gasteiger partial charge in [0, 0.05) is 0 Å². The quantitative estimate of drug-likeness (QED) is 0.482. The molecule has 0 saturated carbocycles. The summed E-state index contributed by atoms with van der Waals surface area (Å²) in [6.07, 6.45) is 1.38. The van der Waals surface area contributed by atoms with Crippen LogP contribution in [0.4, 0.5) is 0 Å². The smallest absolute Gasteiger partial charge is 0.265 e. The van der Waals surface area contributed by atoms with Crippen molar-refractivity contribution in [1.82, 2.24) is 0 Å². The second-order valence-corrected chi connectivity index (χ2v) is 4.28. The molecule has 5 nitrogen and oxygen atoms in total. The molecule has 0 aliphatic heterocycles. The highest BCUT2D eigenvalue weighted by Crippen LogP contribution is 2.06. The third-order valence-corrected chi connectivity index (χ3v) is 2.49. The van der Waals surface area contributed by atoms with Crippen LogP contribution in [0.1, 0.15) is 12.8 Å². The van der Waals surface area contributed by atoms with Crippen molar-refractivity contribution in [1.29, 1.82) is 0 Å². The van der Waals surface area contributed by atoms with Crippen molar-refractivity contribution in [2.45, 2.75) is 12.8 Å². The predicted molar refractivity (Wildman–Crippen MR) is 47.2 cm³/mol. The van der Waals surface area contributed by atoms with Crippen LogP contribution < -0.4 is 11.5 Å². The van der Waals surface area contributed by atoms with Gasteiger partial charge in [0.05, 0.1) is 5.75 Å². The van der Waals surface area contributed by atoms with Gasteiger partial charge in [-0.25, -0.2) is 0 Å². The molecule has 0 aliphatic carbocycles. The van der Waals surface area contributed by atoms with Crippen LogP contribution in [0.2, 0.25) is 0 Å². The van der Waals surface area contributed by atoms with Crippen molar-refractivity contribution in [3.8, 4) is 0 Å². The zero-order valence-corrected chi connectivity index (χ0v) is 7.76. The molecule has 1 unspecified atom stereocenters. The van der Waals surface area contributed by atoms with E-state index in [1.54, 1.807) is 0 Å². The van der Waals surface area contributed by atoms with Crippen LogP contribution in [-0.2, 0) is 10.1 Å². The van der Waals surface area contributed by atoms with Crippen molar-refractivity contribution in [2.24, 2.45) is 17.4 Å². The van der Waals surface area contributed by atoms with E-state index < -0.39 is 10.1 Å². The number of nitrogens with two attached hydrogens (primary N) is 2. The SMILES string of the molecule is NCCCC(CN)CS(=O)(=O)O. The van der Waals surface area contributed by atoms with Gasteiger partial charge in [-0.05, 0) is 31.8 Å². The Morgan fingerprint density at radius 3 is 2.25 bits per heavy atom. The Balaban J connectivity index is 3.83. The average Bonchev–Trinajstić information content (AvgIpc) is 1.95. The predicted octanol–water partition coefficient (Wildman–Crippen LogP) is -0.812. The van der Waals surface area contributed by atoms with Crippen LogP contribution in [0.3, 0.4) is 0 Å². The van der Waals surface area contributed by atoms with E-state index in [1.807, 2.05) is 0 Å². The monoisotopic (exact) mass is 196 g/mol. The Hall–Kier alpha value is -0.170. The lowest BCUT2D eigenvalue weighted by Crippen LogP contribution is -2.24. The van der Waals surface area contributed by atoms with Gasteiger partial charge in [0.1, 0.15) is 0 Å². The van der Waals surface area contributed by atoms with E-state index in [0.717, 1.165) is 6.42 Å². The molecule has 0 rings (SSSR count). The fraction of sp³-hybridized carbons (Fsp3) is 1.00. The first kappa shape index (κ1) is 11.8. The molecule has 0 aromatic rings. The zero-order valence-electron chi connectivity index (χ0n) is 6.94. The lowest BCUT2D eigenvalue weighted by molar-refractivity contribution is 0.452. The van der Waals surface area contributed by atoms with Crippen molar-refractivity contribution in [3.05, 3.63) is 0 Å². The molecule has 0 fully saturated rings. The Kier molecular flexibility index (Phi) is 5.39. The third kappa shape index (κ3) is 6.53. The topological polar surface area (TPSA) is 106 Å². The van der Waals surface area contributed by atoms with E-state index >= 15 is 0 Å². The highest BCUT2D eigenvalue weighted by molar-refractivity contribution is 7.85. The molecule has 0 spiro atoms. The normalized spacial score (nSPS) is 14.6. The third-order valence-electron chi connectivity index (χ3n) is 1.60. The van der Waals surface area contributed by atoms with Crippen LogP contribution in [0.15, 0.2) is 0 Å². The number of rotatable bonds is 6. The van der Waals surface area contributed by atoms with Crippen LogP contribution in [0.25, 0.3) is 0 Å². The van der Waals surface area contributed by atoms with Gasteiger partial charge in [-0.2, -0.15) is 8.42 Å². The van der Waals surface area contributed by atoms with Crippen LogP contribution in [-0.4, -0.2) is 31.8 Å². The summed E-state index contributed by atoms with van der Waals surface area (Å²) in [6, 6.07) is 0. The Bertz CT molecular complexity index is 203. The second-order valence-electron chi connectivity index (χ2n) is 2.78. The highest BCUT2D eigenvalue weighted by atomic mass is 32.2. The molecule has 6 heteroatoms. The van der Waals surface area contributed by atoms with Crippen molar-refractivity contribution < 1.29 is 13.0 Å². The summed E-state index contributed by atoms with van der Waals surface area (Å²) >= 11 is 0. The zero-order chi connectivity index (χ0) is 9.61. The first-order valence-corrected chi connectivity index (χ1v) is 5.45. The molecule has 0 saturated heterocycles. The largest absolute Gasteiger partial charge is 0.330 e. The average molecular weight is 196 g/mol. The maximum absolute atomic E-state index is 10.4. The lowest BCUT2D eigenvalue weighted by atomic mass is 10.1. The highest BCUT2D eigenvalue weighted by Gasteiger charge is 2.14. The molecule has 0 aromatic heterocycles. The van der Waals surface area contributed by atoms with E-state index in [0.29, 0.717) is 13.0 Å². The van der Waals surface area contributed by atoms with Gasteiger partial charge in [-0.1, -0.05) is 0 Å². The van der Waals surface area contributed by atoms with Crippen LogP contribution >= 0.6 is 0 Å². The van der Waals surface area contributed by atoms with Crippen molar-refractivity contribution in [3.63, 3.8) is 0 Å². The Morgan fingerprint density at radius 2 is 1.92 bits per heavy atom. The molecule has 12 heavy (non-hydrogen) atoms. The first-order valence-electron chi connectivity index (χ1n) is 3.85. The summed E-state index contributed by atoms with van der Waals surface area (Å²) in [7, 11) is -3.89. The van der Waals surface area contributed by atoms with Gasteiger partial charge in [0.2, 0.25) is 0 Å². The summed E-state index contributed by atoms with van der Waals surface area (Å²) in [5.41, 5.74) is 10.5. The summed E-state index contributed by atoms with van der Waals surface area (Å²) in [6.45, 7) is 0.780. The fourth-order valence-electron chi connectivity index (χ4n) is 0.974. The fourth-order valence-corrected chi connectivity index (χ4v) is 1.87. The molecular weight excluding hydrogens is 180 g/mol. The Labute approximate surface area is 72.9 Å². The van der Waals surface area contributed by atoms with Gasteiger partial charge in [0.15, 0.2) is 0 Å². The molecule has 74 valence electrons. The maximum atomic E-state index is 10.4. The summed E-state index contributed by atoms with van der Waals surface area (Å²) < 4.78 is 29.4. The summed E-state index contributed by atoms with van der Waals surface area (Å²) in [5.74, 6) is -0.438. The minimum Gasteiger partial charge on any atom is -0.330 e. The Morgan fingerprint density at radius 1 is 1.33 bits per heavy atom. The minimum atomic E-state index is -3.89. The van der Waals surface area contributed by atoms with Crippen molar-refractivity contribution in [2.75, 3.05) is 18.8 Å². The van der Waals surface area contributed by atoms with Gasteiger partial charge >= 0.3 is 0 Å². The van der Waals surface area contributed by atoms with Gasteiger partial charge in [-0.15, -0.1) is 0 Å². The van der Waals surface area contributed by atoms with E-state index in [4.69, 9.17) is 16.0 Å². The molecule has 0 heterocycles. The summed E-state index contributed by atoms with van der Waals surface area (Å²) in [5, 5.41) is 0. The summed E-state index contributed by atoms with van der Waals surface area (Å²) in [4.78, 5) is 0. The van der Waals surface area contributed by atoms with E-state index in [2.05, 4.69) is 0 Å². The van der Waals surface area contributed by atoms with E-state index in [9.17, 15) is 8.42 Å². The van der Waals surface area contributed by atoms with Gasteiger partial charge in [-0.3, -0.25) is 4.55 Å². The molecule has 0 aromatic carbocycles.